The van der Waals surface area contributed by atoms with Gasteiger partial charge in [-0.25, -0.2) is 8.42 Å². The summed E-state index contributed by atoms with van der Waals surface area (Å²) in [6, 6.07) is 1.48. The van der Waals surface area contributed by atoms with E-state index in [9.17, 15) is 17.8 Å². The van der Waals surface area contributed by atoms with Crippen molar-refractivity contribution >= 4 is 83.9 Å². The molecule has 0 spiro atoms. The SMILES string of the molecule is CC(=O)Oc1c(I)cc(I)c(S(=O)(=O)[O-])c1I. The van der Waals surface area contributed by atoms with Crippen LogP contribution in [0, 0.1) is 10.7 Å². The molecule has 0 fully saturated rings. The lowest BCUT2D eigenvalue weighted by molar-refractivity contribution is -0.132. The van der Waals surface area contributed by atoms with Crippen LogP contribution < -0.4 is 4.74 Å². The average Bonchev–Trinajstić information content (AvgIpc) is 2.08. The molecule has 1 rings (SSSR count). The van der Waals surface area contributed by atoms with Crippen molar-refractivity contribution in [1.29, 1.82) is 0 Å². The predicted molar refractivity (Wildman–Crippen MR) is 83.9 cm³/mol. The minimum atomic E-state index is -4.60. The molecule has 0 aliphatic rings. The Bertz CT molecular complexity index is 581. The second-order valence-electron chi connectivity index (χ2n) is 2.86. The van der Waals surface area contributed by atoms with Crippen LogP contribution >= 0.6 is 67.8 Å². The Kier molecular flexibility index (Phi) is 5.44. The standard InChI is InChI=1S/C8H5I3O5S/c1-3(12)16-7-4(9)2-5(10)8(6(7)11)17(13,14)15/h2H,1H3,(H,13,14,15)/p-1. The molecule has 1 aromatic carbocycles. The lowest BCUT2D eigenvalue weighted by Gasteiger charge is -2.15. The van der Waals surface area contributed by atoms with E-state index in [1.807, 2.05) is 22.6 Å². The third-order valence-electron chi connectivity index (χ3n) is 1.58. The highest BCUT2D eigenvalue weighted by Crippen LogP contribution is 2.35. The van der Waals surface area contributed by atoms with Crippen LogP contribution in [0.2, 0.25) is 0 Å². The summed E-state index contributed by atoms with van der Waals surface area (Å²) in [6.45, 7) is 1.20. The van der Waals surface area contributed by atoms with E-state index in [-0.39, 0.29) is 14.2 Å². The van der Waals surface area contributed by atoms with Crippen molar-refractivity contribution in [2.24, 2.45) is 0 Å². The highest BCUT2D eigenvalue weighted by Gasteiger charge is 2.20. The van der Waals surface area contributed by atoms with E-state index in [0.29, 0.717) is 7.14 Å². The zero-order chi connectivity index (χ0) is 13.4. The molecule has 0 atom stereocenters. The molecule has 1 aromatic rings. The van der Waals surface area contributed by atoms with Gasteiger partial charge in [0, 0.05) is 10.5 Å². The number of carbonyl (C=O) groups excluding carboxylic acids is 1. The van der Waals surface area contributed by atoms with Crippen molar-refractivity contribution in [3.63, 3.8) is 0 Å². The highest BCUT2D eigenvalue weighted by molar-refractivity contribution is 14.1. The summed E-state index contributed by atoms with van der Waals surface area (Å²) in [5, 5.41) is 0. The zero-order valence-electron chi connectivity index (χ0n) is 8.16. The number of hydrogen-bond donors (Lipinski definition) is 0. The number of rotatable bonds is 2. The van der Waals surface area contributed by atoms with Crippen molar-refractivity contribution in [2.45, 2.75) is 11.8 Å². The molecular formula is C8H4I3O5S-. The largest absolute Gasteiger partial charge is 0.744 e. The molecule has 94 valence electrons. The molecule has 0 aliphatic heterocycles. The fourth-order valence-electron chi connectivity index (χ4n) is 1.02. The first-order chi connectivity index (χ1) is 7.64. The maximum absolute atomic E-state index is 11.1. The molecular weight excluding hydrogens is 589 g/mol. The first-order valence-electron chi connectivity index (χ1n) is 3.96. The van der Waals surface area contributed by atoms with E-state index in [4.69, 9.17) is 4.74 Å². The molecule has 0 radical (unpaired) electrons. The van der Waals surface area contributed by atoms with Gasteiger partial charge in [0.2, 0.25) is 0 Å². The van der Waals surface area contributed by atoms with Gasteiger partial charge in [0.05, 0.1) is 12.0 Å². The summed E-state index contributed by atoms with van der Waals surface area (Å²) < 4.78 is 39.3. The Morgan fingerprint density at radius 1 is 1.29 bits per heavy atom. The van der Waals surface area contributed by atoms with E-state index in [0.717, 1.165) is 0 Å². The van der Waals surface area contributed by atoms with Crippen molar-refractivity contribution in [2.75, 3.05) is 0 Å². The molecule has 0 N–H and O–H groups in total. The van der Waals surface area contributed by atoms with Crippen LogP contribution in [0.15, 0.2) is 11.0 Å². The number of ether oxygens (including phenoxy) is 1. The van der Waals surface area contributed by atoms with Gasteiger partial charge in [-0.15, -0.1) is 0 Å². The number of benzene rings is 1. The Hall–Kier alpha value is 0.790. The third-order valence-corrected chi connectivity index (χ3v) is 5.92. The van der Waals surface area contributed by atoms with Crippen LogP contribution in [0.3, 0.4) is 0 Å². The maximum atomic E-state index is 11.1. The molecule has 0 aliphatic carbocycles. The summed E-state index contributed by atoms with van der Waals surface area (Å²) in [7, 11) is -4.60. The summed E-state index contributed by atoms with van der Waals surface area (Å²) in [5.41, 5.74) is 0. The van der Waals surface area contributed by atoms with Gasteiger partial charge in [0.25, 0.3) is 0 Å². The van der Waals surface area contributed by atoms with E-state index < -0.39 is 16.1 Å². The zero-order valence-corrected chi connectivity index (χ0v) is 15.4. The van der Waals surface area contributed by atoms with Gasteiger partial charge in [-0.3, -0.25) is 4.79 Å². The lowest BCUT2D eigenvalue weighted by atomic mass is 10.3. The summed E-state index contributed by atoms with van der Waals surface area (Å²) in [5.74, 6) is -0.468. The maximum Gasteiger partial charge on any atom is 0.308 e. The molecule has 0 bridgehead atoms. The van der Waals surface area contributed by atoms with Gasteiger partial charge >= 0.3 is 5.97 Å². The van der Waals surface area contributed by atoms with Gasteiger partial charge in [-0.2, -0.15) is 0 Å². The Morgan fingerprint density at radius 3 is 2.24 bits per heavy atom. The van der Waals surface area contributed by atoms with Gasteiger partial charge in [0.1, 0.15) is 10.1 Å². The van der Waals surface area contributed by atoms with Crippen LogP contribution in [0.4, 0.5) is 0 Å². The lowest BCUT2D eigenvalue weighted by Crippen LogP contribution is -2.10. The summed E-state index contributed by atoms with van der Waals surface area (Å²) in [6.07, 6.45) is 0. The summed E-state index contributed by atoms with van der Waals surface area (Å²) >= 11 is 5.35. The molecule has 9 heteroatoms. The van der Waals surface area contributed by atoms with Crippen molar-refractivity contribution in [1.82, 2.24) is 0 Å². The predicted octanol–water partition coefficient (Wildman–Crippen LogP) is 2.33. The fourth-order valence-corrected chi connectivity index (χ4v) is 6.84. The molecule has 0 aromatic heterocycles. The number of esters is 1. The van der Waals surface area contributed by atoms with Gasteiger partial charge in [-0.1, -0.05) is 0 Å². The highest BCUT2D eigenvalue weighted by atomic mass is 127. The Labute approximate surface area is 139 Å². The molecule has 0 saturated carbocycles. The third kappa shape index (κ3) is 3.87. The molecule has 0 unspecified atom stereocenters. The Balaban J connectivity index is 3.60. The topological polar surface area (TPSA) is 83.5 Å². The van der Waals surface area contributed by atoms with E-state index in [1.165, 1.54) is 13.0 Å². The number of halogens is 3. The average molecular weight is 593 g/mol. The van der Waals surface area contributed by atoms with Crippen LogP contribution in [0.5, 0.6) is 5.75 Å². The molecule has 0 heterocycles. The van der Waals surface area contributed by atoms with Crippen LogP contribution in [0.1, 0.15) is 6.92 Å². The van der Waals surface area contributed by atoms with E-state index in [2.05, 4.69) is 0 Å². The number of hydrogen-bond acceptors (Lipinski definition) is 5. The van der Waals surface area contributed by atoms with Crippen LogP contribution in [0.25, 0.3) is 0 Å². The normalized spacial score (nSPS) is 11.4. The minimum absolute atomic E-state index is 0.105. The smallest absolute Gasteiger partial charge is 0.308 e. The van der Waals surface area contributed by atoms with Crippen LogP contribution in [-0.4, -0.2) is 18.9 Å². The monoisotopic (exact) mass is 593 g/mol. The second kappa shape index (κ2) is 5.83. The van der Waals surface area contributed by atoms with Gasteiger partial charge < -0.3 is 9.29 Å². The molecule has 0 amide bonds. The van der Waals surface area contributed by atoms with Gasteiger partial charge in [0.15, 0.2) is 5.75 Å². The summed E-state index contributed by atoms with van der Waals surface area (Å²) in [4.78, 5) is 10.6. The van der Waals surface area contributed by atoms with Crippen LogP contribution in [-0.2, 0) is 14.9 Å². The first kappa shape index (κ1) is 15.8. The van der Waals surface area contributed by atoms with Gasteiger partial charge in [-0.05, 0) is 73.8 Å². The molecule has 17 heavy (non-hydrogen) atoms. The molecule has 0 saturated heterocycles. The van der Waals surface area contributed by atoms with Crippen molar-refractivity contribution < 1.29 is 22.5 Å². The van der Waals surface area contributed by atoms with E-state index in [1.54, 1.807) is 45.2 Å². The minimum Gasteiger partial charge on any atom is -0.744 e. The number of carbonyl (C=O) groups is 1. The van der Waals surface area contributed by atoms with Crippen molar-refractivity contribution in [3.05, 3.63) is 16.8 Å². The van der Waals surface area contributed by atoms with Crippen molar-refractivity contribution in [3.8, 4) is 5.75 Å². The molecule has 5 nitrogen and oxygen atoms in total. The first-order valence-corrected chi connectivity index (χ1v) is 8.61. The quantitative estimate of drug-likeness (QED) is 0.228. The van der Waals surface area contributed by atoms with E-state index >= 15 is 0 Å². The Morgan fingerprint density at radius 2 is 1.82 bits per heavy atom. The fraction of sp³-hybridized carbons (Fsp3) is 0.125. The second-order valence-corrected chi connectivity index (χ2v) is 7.58.